The van der Waals surface area contributed by atoms with Gasteiger partial charge in [0.05, 0.1) is 13.7 Å². The van der Waals surface area contributed by atoms with E-state index in [2.05, 4.69) is 5.32 Å². The van der Waals surface area contributed by atoms with E-state index in [4.69, 9.17) is 25.8 Å². The number of nitrogens with zero attached hydrogens (tertiary/aromatic N) is 2. The Balaban J connectivity index is 1.34. The number of methoxy groups -OCH3 is 1. The van der Waals surface area contributed by atoms with Gasteiger partial charge < -0.3 is 19.5 Å². The van der Waals surface area contributed by atoms with E-state index >= 15 is 0 Å². The Morgan fingerprint density at radius 1 is 1.10 bits per heavy atom. The maximum absolute atomic E-state index is 13.0. The maximum atomic E-state index is 13.0. The second-order valence-corrected chi connectivity index (χ2v) is 9.43. The Morgan fingerprint density at radius 2 is 1.84 bits per heavy atom. The highest BCUT2D eigenvalue weighted by Gasteiger charge is 2.31. The van der Waals surface area contributed by atoms with E-state index in [0.29, 0.717) is 35.3 Å². The van der Waals surface area contributed by atoms with Crippen LogP contribution in [0.5, 0.6) is 17.2 Å². The molecule has 9 nitrogen and oxygen atoms in total. The zero-order valence-electron chi connectivity index (χ0n) is 16.8. The normalized spacial score (nSPS) is 16.8. The largest absolute Gasteiger partial charge is 0.495 e. The number of amides is 1. The van der Waals surface area contributed by atoms with Gasteiger partial charge in [0.25, 0.3) is 0 Å². The van der Waals surface area contributed by atoms with Gasteiger partial charge in [0.2, 0.25) is 22.7 Å². The smallest absolute Gasteiger partial charge is 0.246 e. The maximum Gasteiger partial charge on any atom is 0.246 e. The number of sulfonamides is 1. The van der Waals surface area contributed by atoms with Crippen LogP contribution in [0.3, 0.4) is 0 Å². The zero-order chi connectivity index (χ0) is 22.0. The first-order valence-electron chi connectivity index (χ1n) is 9.62. The second kappa shape index (κ2) is 8.91. The summed E-state index contributed by atoms with van der Waals surface area (Å²) in [6.07, 6.45) is 0. The number of hydrogen-bond donors (Lipinski definition) is 1. The molecule has 0 unspecified atom stereocenters. The first-order chi connectivity index (χ1) is 14.9. The number of anilines is 1. The minimum Gasteiger partial charge on any atom is -0.495 e. The topological polar surface area (TPSA) is 97.4 Å². The highest BCUT2D eigenvalue weighted by Crippen LogP contribution is 2.34. The lowest BCUT2D eigenvalue weighted by Crippen LogP contribution is -2.50. The molecule has 1 saturated heterocycles. The number of carbonyl (C=O) groups excluding carboxylic acids is 1. The van der Waals surface area contributed by atoms with Crippen molar-refractivity contribution in [1.29, 1.82) is 0 Å². The average Bonchev–Trinajstić information content (AvgIpc) is 3.22. The van der Waals surface area contributed by atoms with Gasteiger partial charge in [0, 0.05) is 43.0 Å². The van der Waals surface area contributed by atoms with Crippen molar-refractivity contribution in [2.24, 2.45) is 0 Å². The molecule has 0 spiro atoms. The molecule has 0 radical (unpaired) electrons. The van der Waals surface area contributed by atoms with E-state index in [9.17, 15) is 13.2 Å². The number of fused-ring (bicyclic) bond motifs is 1. The Bertz CT molecular complexity index is 1090. The standard InChI is InChI=1S/C20H22ClN3O6S/c1-28-17-4-2-14(21)10-19(17)31(26,27)24-8-6-23(7-9-24)12-20(25)22-15-3-5-16-18(11-15)30-13-29-16/h2-5,10-11H,6-9,12-13H2,1H3,(H,22,25). The molecule has 0 saturated carbocycles. The summed E-state index contributed by atoms with van der Waals surface area (Å²) in [5.74, 6) is 1.29. The Kier molecular flexibility index (Phi) is 6.24. The zero-order valence-corrected chi connectivity index (χ0v) is 18.4. The van der Waals surface area contributed by atoms with Crippen LogP contribution >= 0.6 is 11.6 Å². The van der Waals surface area contributed by atoms with E-state index in [0.717, 1.165) is 0 Å². The van der Waals surface area contributed by atoms with E-state index in [1.54, 1.807) is 24.3 Å². The molecular weight excluding hydrogens is 446 g/mol. The fraction of sp³-hybridized carbons (Fsp3) is 0.350. The van der Waals surface area contributed by atoms with Crippen LogP contribution in [0.1, 0.15) is 0 Å². The molecule has 166 valence electrons. The SMILES string of the molecule is COc1ccc(Cl)cc1S(=O)(=O)N1CCN(CC(=O)Nc2ccc3c(c2)OCO3)CC1. The summed E-state index contributed by atoms with van der Waals surface area (Å²) < 4.78 is 43.2. The van der Waals surface area contributed by atoms with E-state index in [-0.39, 0.29) is 43.0 Å². The first kappa shape index (κ1) is 21.7. The molecular formula is C20H22ClN3O6S. The molecule has 11 heteroatoms. The highest BCUT2D eigenvalue weighted by molar-refractivity contribution is 7.89. The number of ether oxygens (including phenoxy) is 3. The number of rotatable bonds is 6. The number of halogens is 1. The van der Waals surface area contributed by atoms with Gasteiger partial charge in [-0.15, -0.1) is 0 Å². The number of hydrogen-bond acceptors (Lipinski definition) is 7. The average molecular weight is 468 g/mol. The third-order valence-electron chi connectivity index (χ3n) is 5.10. The molecule has 0 aromatic heterocycles. The van der Waals surface area contributed by atoms with E-state index in [1.807, 2.05) is 4.90 Å². The summed E-state index contributed by atoms with van der Waals surface area (Å²) in [5, 5.41) is 3.15. The van der Waals surface area contributed by atoms with Gasteiger partial charge in [-0.05, 0) is 30.3 Å². The van der Waals surface area contributed by atoms with Crippen molar-refractivity contribution in [2.45, 2.75) is 4.90 Å². The molecule has 1 fully saturated rings. The Labute approximate surface area is 185 Å². The van der Waals surface area contributed by atoms with Crippen LogP contribution in [0.4, 0.5) is 5.69 Å². The predicted molar refractivity (Wildman–Crippen MR) is 114 cm³/mol. The Hall–Kier alpha value is -2.53. The van der Waals surface area contributed by atoms with Crippen molar-refractivity contribution in [3.05, 3.63) is 41.4 Å². The molecule has 0 aliphatic carbocycles. The van der Waals surface area contributed by atoms with Crippen molar-refractivity contribution in [1.82, 2.24) is 9.21 Å². The molecule has 4 rings (SSSR count). The Morgan fingerprint density at radius 3 is 2.58 bits per heavy atom. The minimum atomic E-state index is -3.76. The third kappa shape index (κ3) is 4.72. The van der Waals surface area contributed by atoms with Gasteiger partial charge in [-0.2, -0.15) is 4.31 Å². The molecule has 2 aliphatic heterocycles. The summed E-state index contributed by atoms with van der Waals surface area (Å²) in [7, 11) is -2.35. The quantitative estimate of drug-likeness (QED) is 0.694. The van der Waals surface area contributed by atoms with Crippen LogP contribution < -0.4 is 19.5 Å². The highest BCUT2D eigenvalue weighted by atomic mass is 35.5. The van der Waals surface area contributed by atoms with Gasteiger partial charge in [-0.3, -0.25) is 9.69 Å². The van der Waals surface area contributed by atoms with Gasteiger partial charge >= 0.3 is 0 Å². The van der Waals surface area contributed by atoms with Crippen molar-refractivity contribution < 1.29 is 27.4 Å². The summed E-state index contributed by atoms with van der Waals surface area (Å²) >= 11 is 5.99. The molecule has 1 N–H and O–H groups in total. The van der Waals surface area contributed by atoms with Crippen LogP contribution in [-0.2, 0) is 14.8 Å². The minimum absolute atomic E-state index is 0.0384. The monoisotopic (exact) mass is 467 g/mol. The van der Waals surface area contributed by atoms with E-state index < -0.39 is 10.0 Å². The predicted octanol–water partition coefficient (Wildman–Crippen LogP) is 2.02. The van der Waals surface area contributed by atoms with Crippen LogP contribution in [0, 0.1) is 0 Å². The van der Waals surface area contributed by atoms with Crippen molar-refractivity contribution in [3.63, 3.8) is 0 Å². The molecule has 2 heterocycles. The fourth-order valence-corrected chi connectivity index (χ4v) is 5.34. The van der Waals surface area contributed by atoms with Gasteiger partial charge in [-0.1, -0.05) is 11.6 Å². The summed E-state index contributed by atoms with van der Waals surface area (Å²) in [5.41, 5.74) is 0.614. The lowest BCUT2D eigenvalue weighted by molar-refractivity contribution is -0.117. The van der Waals surface area contributed by atoms with Crippen LogP contribution in [-0.4, -0.2) is 70.2 Å². The number of nitrogens with one attached hydrogen (secondary N) is 1. The second-order valence-electron chi connectivity index (χ2n) is 7.09. The van der Waals surface area contributed by atoms with Crippen LogP contribution in [0.25, 0.3) is 0 Å². The molecule has 0 bridgehead atoms. The molecule has 31 heavy (non-hydrogen) atoms. The van der Waals surface area contributed by atoms with Crippen molar-refractivity contribution >= 4 is 33.2 Å². The van der Waals surface area contributed by atoms with Crippen LogP contribution in [0.2, 0.25) is 5.02 Å². The summed E-state index contributed by atoms with van der Waals surface area (Å²) in [4.78, 5) is 14.4. The van der Waals surface area contributed by atoms with Gasteiger partial charge in [0.1, 0.15) is 10.6 Å². The number of piperazine rings is 1. The fourth-order valence-electron chi connectivity index (χ4n) is 3.50. The first-order valence-corrected chi connectivity index (χ1v) is 11.4. The molecule has 2 aromatic carbocycles. The van der Waals surface area contributed by atoms with Crippen molar-refractivity contribution in [3.8, 4) is 17.2 Å². The summed E-state index contributed by atoms with van der Waals surface area (Å²) in [6, 6.07) is 9.70. The van der Waals surface area contributed by atoms with E-state index in [1.165, 1.54) is 23.5 Å². The summed E-state index contributed by atoms with van der Waals surface area (Å²) in [6.45, 7) is 1.70. The molecule has 2 aromatic rings. The molecule has 0 atom stereocenters. The molecule has 1 amide bonds. The third-order valence-corrected chi connectivity index (χ3v) is 7.25. The lowest BCUT2D eigenvalue weighted by Gasteiger charge is -2.33. The molecule has 2 aliphatic rings. The van der Waals surface area contributed by atoms with Crippen molar-refractivity contribution in [2.75, 3.05) is 51.9 Å². The number of benzene rings is 2. The van der Waals surface area contributed by atoms with Gasteiger partial charge in [-0.25, -0.2) is 8.42 Å². The number of carbonyl (C=O) groups is 1. The lowest BCUT2D eigenvalue weighted by atomic mass is 10.2. The van der Waals surface area contributed by atoms with Crippen LogP contribution in [0.15, 0.2) is 41.3 Å². The van der Waals surface area contributed by atoms with Gasteiger partial charge in [0.15, 0.2) is 11.5 Å².